The lowest BCUT2D eigenvalue weighted by Crippen LogP contribution is -2.45. The van der Waals surface area contributed by atoms with E-state index in [2.05, 4.69) is 15.7 Å². The van der Waals surface area contributed by atoms with Crippen LogP contribution in [0.25, 0.3) is 0 Å². The molecule has 1 aromatic carbocycles. The third-order valence-electron chi connectivity index (χ3n) is 6.78. The van der Waals surface area contributed by atoms with Crippen LogP contribution in [-0.2, 0) is 17.3 Å². The highest BCUT2D eigenvalue weighted by Crippen LogP contribution is 2.64. The Morgan fingerprint density at radius 3 is 2.33 bits per heavy atom. The van der Waals surface area contributed by atoms with E-state index < -0.39 is 21.6 Å². The summed E-state index contributed by atoms with van der Waals surface area (Å²) in [7, 11) is 1.74. The van der Waals surface area contributed by atoms with Crippen LogP contribution in [0.5, 0.6) is 5.75 Å². The lowest BCUT2D eigenvalue weighted by molar-refractivity contribution is -0.138. The van der Waals surface area contributed by atoms with Gasteiger partial charge in [0.2, 0.25) is 5.91 Å². The van der Waals surface area contributed by atoms with Gasteiger partial charge in [-0.05, 0) is 19.4 Å². The van der Waals surface area contributed by atoms with E-state index in [1.807, 2.05) is 20.8 Å². The van der Waals surface area contributed by atoms with E-state index in [1.165, 1.54) is 12.1 Å². The molecule has 1 saturated heterocycles. The molecule has 2 heterocycles. The number of hydrogen-bond acceptors (Lipinski definition) is 4. The zero-order valence-electron chi connectivity index (χ0n) is 21.1. The molecule has 4 rings (SSSR count). The largest absolute Gasteiger partial charge is 0.490 e. The Labute approximate surface area is 220 Å². The summed E-state index contributed by atoms with van der Waals surface area (Å²) < 4.78 is 20.9. The first-order chi connectivity index (χ1) is 16.7. The fourth-order valence-corrected chi connectivity index (χ4v) is 4.98. The Balaban J connectivity index is 1.33. The van der Waals surface area contributed by atoms with Crippen molar-refractivity contribution in [3.05, 3.63) is 35.8 Å². The fourth-order valence-electron chi connectivity index (χ4n) is 4.28. The highest BCUT2D eigenvalue weighted by Gasteiger charge is 2.68. The zero-order valence-corrected chi connectivity index (χ0v) is 22.6. The van der Waals surface area contributed by atoms with Gasteiger partial charge >= 0.3 is 6.03 Å². The molecule has 2 N–H and O–H groups in total. The Morgan fingerprint density at radius 2 is 1.78 bits per heavy atom. The van der Waals surface area contributed by atoms with Crippen molar-refractivity contribution >= 4 is 46.6 Å². The molecule has 1 saturated carbocycles. The number of nitrogens with one attached hydrogen (secondary N) is 2. The maximum Gasteiger partial charge on any atom is 0.324 e. The first-order valence-electron chi connectivity index (χ1n) is 11.9. The molecule has 11 heteroatoms. The fraction of sp³-hybridized carbons (Fsp3) is 0.560. The number of likely N-dealkylation sites (tertiary alicyclic amines) is 1. The highest BCUT2D eigenvalue weighted by molar-refractivity contribution is 6.53. The van der Waals surface area contributed by atoms with Crippen LogP contribution in [0, 0.1) is 11.2 Å². The maximum absolute atomic E-state index is 14.3. The number of piperidine rings is 1. The standard InChI is InChI=1S/C25H32Cl2FN5O3/c1-23(2,3)19-13-20(32(5)31-19)30-22(35)29-16-10-15(28)11-18(12-16)36-17-6-8-33(9-7-17)21(34)24(4)14-25(24,26)27/h10-13,17H,6-9,14H2,1-5H3,(H2,29,30,35). The van der Waals surface area contributed by atoms with E-state index in [1.54, 1.807) is 35.7 Å². The van der Waals surface area contributed by atoms with Crippen molar-refractivity contribution < 1.29 is 18.7 Å². The topological polar surface area (TPSA) is 88.5 Å². The van der Waals surface area contributed by atoms with E-state index in [9.17, 15) is 14.0 Å². The third-order valence-corrected chi connectivity index (χ3v) is 7.88. The molecule has 1 aliphatic carbocycles. The van der Waals surface area contributed by atoms with Gasteiger partial charge in [0.25, 0.3) is 0 Å². The van der Waals surface area contributed by atoms with Crippen LogP contribution < -0.4 is 15.4 Å². The first kappa shape index (κ1) is 26.5. The second-order valence-electron chi connectivity index (χ2n) is 10.9. The normalized spacial score (nSPS) is 21.7. The number of halogens is 3. The van der Waals surface area contributed by atoms with Gasteiger partial charge in [0.05, 0.1) is 11.1 Å². The van der Waals surface area contributed by atoms with Crippen LogP contribution in [0.2, 0.25) is 0 Å². The van der Waals surface area contributed by atoms with Crippen LogP contribution in [0.3, 0.4) is 0 Å². The predicted molar refractivity (Wildman–Crippen MR) is 138 cm³/mol. The van der Waals surface area contributed by atoms with Gasteiger partial charge in [0.15, 0.2) is 0 Å². The minimum atomic E-state index is -1.000. The lowest BCUT2D eigenvalue weighted by atomic mass is 9.92. The van der Waals surface area contributed by atoms with Crippen molar-refractivity contribution in [1.82, 2.24) is 14.7 Å². The molecule has 2 fully saturated rings. The predicted octanol–water partition coefficient (Wildman–Crippen LogP) is 5.45. The second kappa shape index (κ2) is 9.41. The van der Waals surface area contributed by atoms with Gasteiger partial charge in [-0.1, -0.05) is 20.8 Å². The molecule has 1 unspecified atom stereocenters. The van der Waals surface area contributed by atoms with Crippen molar-refractivity contribution in [2.75, 3.05) is 23.7 Å². The molecule has 2 aromatic rings. The number of alkyl halides is 2. The highest BCUT2D eigenvalue weighted by atomic mass is 35.5. The Bertz CT molecular complexity index is 1170. The molecule has 196 valence electrons. The maximum atomic E-state index is 14.3. The number of nitrogens with zero attached hydrogens (tertiary/aromatic N) is 3. The number of benzene rings is 1. The van der Waals surface area contributed by atoms with Crippen LogP contribution in [0.1, 0.15) is 52.7 Å². The number of aromatic nitrogens is 2. The van der Waals surface area contributed by atoms with E-state index in [-0.39, 0.29) is 23.1 Å². The number of ether oxygens (including phenoxy) is 1. The number of carbonyl (C=O) groups excluding carboxylic acids is 2. The van der Waals surface area contributed by atoms with Crippen LogP contribution in [0.4, 0.5) is 20.7 Å². The molecule has 1 aliphatic heterocycles. The molecule has 0 bridgehead atoms. The van der Waals surface area contributed by atoms with E-state index in [0.717, 1.165) is 5.69 Å². The number of aryl methyl sites for hydroxylation is 1. The van der Waals surface area contributed by atoms with Crippen molar-refractivity contribution in [2.24, 2.45) is 12.5 Å². The van der Waals surface area contributed by atoms with Crippen molar-refractivity contribution in [3.8, 4) is 5.75 Å². The smallest absolute Gasteiger partial charge is 0.324 e. The Kier molecular flexibility index (Phi) is 6.94. The van der Waals surface area contributed by atoms with Crippen molar-refractivity contribution in [1.29, 1.82) is 0 Å². The summed E-state index contributed by atoms with van der Waals surface area (Å²) in [6.07, 6.45) is 1.45. The van der Waals surface area contributed by atoms with Gasteiger partial charge in [-0.25, -0.2) is 9.18 Å². The van der Waals surface area contributed by atoms with Crippen LogP contribution in [-0.4, -0.2) is 50.1 Å². The monoisotopic (exact) mass is 539 g/mol. The summed E-state index contributed by atoms with van der Waals surface area (Å²) in [6.45, 7) is 8.90. The molecule has 1 atom stereocenters. The van der Waals surface area contributed by atoms with E-state index in [4.69, 9.17) is 27.9 Å². The Morgan fingerprint density at radius 1 is 1.14 bits per heavy atom. The van der Waals surface area contributed by atoms with Gasteiger partial charge in [-0.15, -0.1) is 23.2 Å². The van der Waals surface area contributed by atoms with Crippen LogP contribution in [0.15, 0.2) is 24.3 Å². The first-order valence-corrected chi connectivity index (χ1v) is 12.7. The lowest BCUT2D eigenvalue weighted by Gasteiger charge is -2.34. The quantitative estimate of drug-likeness (QED) is 0.494. The van der Waals surface area contributed by atoms with E-state index in [0.29, 0.717) is 43.9 Å². The van der Waals surface area contributed by atoms with Crippen molar-refractivity contribution in [3.63, 3.8) is 0 Å². The van der Waals surface area contributed by atoms with Gasteiger partial charge in [0.1, 0.15) is 27.8 Å². The summed E-state index contributed by atoms with van der Waals surface area (Å²) in [6, 6.07) is 5.35. The van der Waals surface area contributed by atoms with Gasteiger partial charge in [-0.3, -0.25) is 14.8 Å². The molecule has 36 heavy (non-hydrogen) atoms. The minimum Gasteiger partial charge on any atom is -0.490 e. The van der Waals surface area contributed by atoms with Crippen LogP contribution >= 0.6 is 23.2 Å². The number of amides is 3. The Hall–Kier alpha value is -2.52. The van der Waals surface area contributed by atoms with Crippen molar-refractivity contribution in [2.45, 2.75) is 62.8 Å². The molecule has 0 spiro atoms. The zero-order chi connectivity index (χ0) is 26.5. The number of carbonyl (C=O) groups is 2. The summed E-state index contributed by atoms with van der Waals surface area (Å²) in [4.78, 5) is 27.1. The van der Waals surface area contributed by atoms with Gasteiger partial charge < -0.3 is 15.0 Å². The average molecular weight is 540 g/mol. The number of urea groups is 1. The summed E-state index contributed by atoms with van der Waals surface area (Å²) in [5.41, 5.74) is 0.194. The number of anilines is 2. The molecule has 1 aromatic heterocycles. The van der Waals surface area contributed by atoms with E-state index >= 15 is 0 Å². The SMILES string of the molecule is Cn1nc(C(C)(C)C)cc1NC(=O)Nc1cc(F)cc(OC2CCN(C(=O)C3(C)CC3(Cl)Cl)CC2)c1. The van der Waals surface area contributed by atoms with Gasteiger partial charge in [-0.2, -0.15) is 5.10 Å². The second-order valence-corrected chi connectivity index (χ2v) is 12.3. The molecule has 2 aliphatic rings. The molecule has 0 radical (unpaired) electrons. The minimum absolute atomic E-state index is 0.0442. The molecular weight excluding hydrogens is 508 g/mol. The average Bonchev–Trinajstić information content (AvgIpc) is 3.07. The summed E-state index contributed by atoms with van der Waals surface area (Å²) in [5, 5.41) is 9.82. The number of rotatable bonds is 5. The molecular formula is C25H32Cl2FN5O3. The number of hydrogen-bond donors (Lipinski definition) is 2. The summed E-state index contributed by atoms with van der Waals surface area (Å²) >= 11 is 12.3. The third kappa shape index (κ3) is 5.57. The van der Waals surface area contributed by atoms with Gasteiger partial charge in [0, 0.05) is 62.3 Å². The molecule has 8 nitrogen and oxygen atoms in total. The summed E-state index contributed by atoms with van der Waals surface area (Å²) in [5.74, 6) is 0.248. The molecule has 3 amide bonds.